The van der Waals surface area contributed by atoms with Gasteiger partial charge in [0.05, 0.1) is 0 Å². The molecule has 5 nitrogen and oxygen atoms in total. The molecule has 0 unspecified atom stereocenters. The molecule has 0 aromatic carbocycles. The summed E-state index contributed by atoms with van der Waals surface area (Å²) >= 11 is 0. The molecule has 0 bridgehead atoms. The summed E-state index contributed by atoms with van der Waals surface area (Å²) in [7, 11) is 1.82. The van der Waals surface area contributed by atoms with Gasteiger partial charge in [-0.15, -0.1) is 0 Å². The van der Waals surface area contributed by atoms with Crippen molar-refractivity contribution in [2.45, 2.75) is 64.7 Å². The van der Waals surface area contributed by atoms with Gasteiger partial charge in [-0.25, -0.2) is 0 Å². The summed E-state index contributed by atoms with van der Waals surface area (Å²) in [6.45, 7) is 4.90. The van der Waals surface area contributed by atoms with Crippen molar-refractivity contribution in [3.8, 4) is 0 Å². The van der Waals surface area contributed by atoms with E-state index >= 15 is 0 Å². The number of guanidine groups is 1. The highest BCUT2D eigenvalue weighted by Gasteiger charge is 2.31. The molecule has 0 aliphatic heterocycles. The van der Waals surface area contributed by atoms with E-state index in [1.165, 1.54) is 38.5 Å². The van der Waals surface area contributed by atoms with Crippen molar-refractivity contribution in [3.63, 3.8) is 0 Å². The van der Waals surface area contributed by atoms with Gasteiger partial charge in [0.2, 0.25) is 5.91 Å². The molecule has 2 aliphatic carbocycles. The van der Waals surface area contributed by atoms with E-state index in [2.05, 4.69) is 27.9 Å². The highest BCUT2D eigenvalue weighted by atomic mass is 16.1. The molecule has 0 radical (unpaired) electrons. The van der Waals surface area contributed by atoms with Crippen LogP contribution in [0.1, 0.15) is 64.7 Å². The van der Waals surface area contributed by atoms with Crippen LogP contribution in [-0.2, 0) is 4.79 Å². The zero-order chi connectivity index (χ0) is 16.5. The maximum atomic E-state index is 11.7. The van der Waals surface area contributed by atoms with Crippen molar-refractivity contribution in [1.82, 2.24) is 16.0 Å². The van der Waals surface area contributed by atoms with Crippen LogP contribution >= 0.6 is 0 Å². The number of nitrogens with zero attached hydrogens (tertiary/aromatic N) is 1. The molecular formula is C18H34N4O. The summed E-state index contributed by atoms with van der Waals surface area (Å²) in [5.41, 5.74) is 0.467. The number of amides is 1. The van der Waals surface area contributed by atoms with Gasteiger partial charge in [0, 0.05) is 32.6 Å². The Hall–Kier alpha value is -1.26. The van der Waals surface area contributed by atoms with E-state index in [1.54, 1.807) is 0 Å². The lowest BCUT2D eigenvalue weighted by Gasteiger charge is -2.28. The lowest BCUT2D eigenvalue weighted by molar-refractivity contribution is -0.127. The van der Waals surface area contributed by atoms with Crippen molar-refractivity contribution < 1.29 is 4.79 Å². The predicted octanol–water partition coefficient (Wildman–Crippen LogP) is 2.43. The average Bonchev–Trinajstić information content (AvgIpc) is 2.97. The number of carbonyl (C=O) groups is 1. The summed E-state index contributed by atoms with van der Waals surface area (Å²) < 4.78 is 0. The molecule has 0 saturated heterocycles. The van der Waals surface area contributed by atoms with Gasteiger partial charge in [0.1, 0.15) is 0 Å². The summed E-state index contributed by atoms with van der Waals surface area (Å²) in [6.07, 6.45) is 10.9. The van der Waals surface area contributed by atoms with Gasteiger partial charge < -0.3 is 16.0 Å². The van der Waals surface area contributed by atoms with Gasteiger partial charge >= 0.3 is 0 Å². The Labute approximate surface area is 141 Å². The van der Waals surface area contributed by atoms with Crippen LogP contribution in [0.25, 0.3) is 0 Å². The van der Waals surface area contributed by atoms with E-state index < -0.39 is 0 Å². The van der Waals surface area contributed by atoms with E-state index in [0.29, 0.717) is 5.41 Å². The Kier molecular flexibility index (Phi) is 7.18. The second kappa shape index (κ2) is 9.14. The first kappa shape index (κ1) is 18.1. The van der Waals surface area contributed by atoms with E-state index in [4.69, 9.17) is 0 Å². The second-order valence-electron chi connectivity index (χ2n) is 7.19. The first-order valence-corrected chi connectivity index (χ1v) is 9.41. The molecule has 3 N–H and O–H groups in total. The van der Waals surface area contributed by atoms with Gasteiger partial charge in [-0.05, 0) is 43.9 Å². The van der Waals surface area contributed by atoms with Crippen molar-refractivity contribution in [1.29, 1.82) is 0 Å². The van der Waals surface area contributed by atoms with Crippen LogP contribution in [0.3, 0.4) is 0 Å². The van der Waals surface area contributed by atoms with Crippen LogP contribution in [0.2, 0.25) is 0 Å². The van der Waals surface area contributed by atoms with Crippen LogP contribution in [0.5, 0.6) is 0 Å². The highest BCUT2D eigenvalue weighted by Crippen LogP contribution is 2.40. The van der Waals surface area contributed by atoms with E-state index in [-0.39, 0.29) is 11.8 Å². The third-order valence-corrected chi connectivity index (χ3v) is 5.69. The number of carbonyl (C=O) groups excluding carboxylic acids is 1. The van der Waals surface area contributed by atoms with Crippen molar-refractivity contribution in [2.24, 2.45) is 16.3 Å². The highest BCUT2D eigenvalue weighted by molar-refractivity contribution is 5.80. The molecule has 0 aromatic heterocycles. The minimum absolute atomic E-state index is 0.241. The maximum Gasteiger partial charge on any atom is 0.223 e. The normalized spacial score (nSPS) is 20.9. The van der Waals surface area contributed by atoms with Gasteiger partial charge in [-0.3, -0.25) is 9.79 Å². The predicted molar refractivity (Wildman–Crippen MR) is 95.5 cm³/mol. The smallest absolute Gasteiger partial charge is 0.223 e. The zero-order valence-electron chi connectivity index (χ0n) is 14.9. The molecule has 1 amide bonds. The standard InChI is InChI=1S/C18H34N4O/c1-3-18(10-4-5-11-18)14-22-17(19-2)21-13-7-12-20-16(23)15-8-6-9-15/h15H,3-14H2,1-2H3,(H,20,23)(H2,19,21,22). The molecule has 5 heteroatoms. The molecule has 0 atom stereocenters. The molecule has 2 fully saturated rings. The molecule has 2 aliphatic rings. The van der Waals surface area contributed by atoms with E-state index in [9.17, 15) is 4.79 Å². The summed E-state index contributed by atoms with van der Waals surface area (Å²) in [5.74, 6) is 1.41. The van der Waals surface area contributed by atoms with Crippen LogP contribution in [0.4, 0.5) is 0 Å². The van der Waals surface area contributed by atoms with Crippen LogP contribution in [0, 0.1) is 11.3 Å². The number of nitrogens with one attached hydrogen (secondary N) is 3. The fraction of sp³-hybridized carbons (Fsp3) is 0.889. The molecule has 0 spiro atoms. The van der Waals surface area contributed by atoms with Crippen LogP contribution in [0.15, 0.2) is 4.99 Å². The van der Waals surface area contributed by atoms with Gasteiger partial charge in [-0.1, -0.05) is 26.2 Å². The zero-order valence-corrected chi connectivity index (χ0v) is 14.9. The van der Waals surface area contributed by atoms with Crippen molar-refractivity contribution in [2.75, 3.05) is 26.7 Å². The third-order valence-electron chi connectivity index (χ3n) is 5.69. The summed E-state index contributed by atoms with van der Waals surface area (Å²) in [4.78, 5) is 16.0. The number of hydrogen-bond donors (Lipinski definition) is 3. The fourth-order valence-corrected chi connectivity index (χ4v) is 3.59. The van der Waals surface area contributed by atoms with Gasteiger partial charge in [0.15, 0.2) is 5.96 Å². The topological polar surface area (TPSA) is 65.5 Å². The van der Waals surface area contributed by atoms with Crippen LogP contribution < -0.4 is 16.0 Å². The first-order chi connectivity index (χ1) is 11.2. The van der Waals surface area contributed by atoms with Crippen LogP contribution in [-0.4, -0.2) is 38.5 Å². The number of rotatable bonds is 8. The molecule has 2 rings (SSSR count). The molecule has 132 valence electrons. The largest absolute Gasteiger partial charge is 0.356 e. The monoisotopic (exact) mass is 322 g/mol. The molecular weight excluding hydrogens is 288 g/mol. The first-order valence-electron chi connectivity index (χ1n) is 9.41. The summed E-state index contributed by atoms with van der Waals surface area (Å²) in [5, 5.41) is 9.87. The van der Waals surface area contributed by atoms with E-state index in [1.807, 2.05) is 7.05 Å². The number of hydrogen-bond acceptors (Lipinski definition) is 2. The van der Waals surface area contributed by atoms with Crippen molar-refractivity contribution in [3.05, 3.63) is 0 Å². The minimum atomic E-state index is 0.241. The molecule has 0 aromatic rings. The SMILES string of the molecule is CCC1(CNC(=NC)NCCCNC(=O)C2CCC2)CCCC1. The fourth-order valence-electron chi connectivity index (χ4n) is 3.59. The Morgan fingerprint density at radius 2 is 1.78 bits per heavy atom. The average molecular weight is 322 g/mol. The summed E-state index contributed by atoms with van der Waals surface area (Å²) in [6, 6.07) is 0. The van der Waals surface area contributed by atoms with Gasteiger partial charge in [-0.2, -0.15) is 0 Å². The second-order valence-corrected chi connectivity index (χ2v) is 7.19. The number of aliphatic imine (C=N–C) groups is 1. The quantitative estimate of drug-likeness (QED) is 0.365. The third kappa shape index (κ3) is 5.40. The minimum Gasteiger partial charge on any atom is -0.356 e. The van der Waals surface area contributed by atoms with Gasteiger partial charge in [0.25, 0.3) is 0 Å². The maximum absolute atomic E-state index is 11.7. The Bertz CT molecular complexity index is 398. The Morgan fingerprint density at radius 3 is 2.35 bits per heavy atom. The Morgan fingerprint density at radius 1 is 1.09 bits per heavy atom. The lowest BCUT2D eigenvalue weighted by Crippen LogP contribution is -2.43. The molecule has 0 heterocycles. The molecule has 2 saturated carbocycles. The van der Waals surface area contributed by atoms with E-state index in [0.717, 1.165) is 44.9 Å². The lowest BCUT2D eigenvalue weighted by atomic mass is 9.83. The van der Waals surface area contributed by atoms with Crippen molar-refractivity contribution >= 4 is 11.9 Å². The Balaban J connectivity index is 1.56. The molecule has 23 heavy (non-hydrogen) atoms.